The molecule has 1 rings (SSSR count). The maximum absolute atomic E-state index is 13.2. The summed E-state index contributed by atoms with van der Waals surface area (Å²) < 4.78 is 19.2. The van der Waals surface area contributed by atoms with Gasteiger partial charge in [0.2, 0.25) is 0 Å². The number of benzene rings is 1. The zero-order chi connectivity index (χ0) is 9.68. The van der Waals surface area contributed by atoms with Gasteiger partial charge in [-0.25, -0.2) is 4.39 Å². The van der Waals surface area contributed by atoms with Crippen LogP contribution < -0.4 is 0 Å². The van der Waals surface area contributed by atoms with Crippen molar-refractivity contribution in [1.82, 2.24) is 0 Å². The quantitative estimate of drug-likeness (QED) is 0.470. The van der Waals surface area contributed by atoms with E-state index in [4.69, 9.17) is 4.74 Å². The van der Waals surface area contributed by atoms with E-state index in [0.717, 1.165) is 3.57 Å². The Morgan fingerprint density at radius 2 is 2.31 bits per heavy atom. The highest BCUT2D eigenvalue weighted by Crippen LogP contribution is 2.16. The third-order valence-electron chi connectivity index (χ3n) is 1.54. The van der Waals surface area contributed by atoms with Crippen LogP contribution in [0.5, 0.6) is 0 Å². The molecule has 0 aliphatic carbocycles. The van der Waals surface area contributed by atoms with Crippen molar-refractivity contribution < 1.29 is 9.13 Å². The summed E-state index contributed by atoms with van der Waals surface area (Å²) in [6.45, 7) is 4.27. The van der Waals surface area contributed by atoms with Gasteiger partial charge in [-0.05, 0) is 34.7 Å². The maximum Gasteiger partial charge on any atom is 0.129 e. The van der Waals surface area contributed by atoms with Crippen molar-refractivity contribution >= 4 is 22.6 Å². The fraction of sp³-hybridized carbons (Fsp3) is 0.200. The smallest absolute Gasteiger partial charge is 0.129 e. The lowest BCUT2D eigenvalue weighted by Gasteiger charge is -2.05. The van der Waals surface area contributed by atoms with E-state index < -0.39 is 0 Å². The molecule has 0 aromatic heterocycles. The van der Waals surface area contributed by atoms with Crippen LogP contribution in [-0.2, 0) is 11.3 Å². The second-order valence-corrected chi connectivity index (χ2v) is 3.67. The molecule has 70 valence electrons. The van der Waals surface area contributed by atoms with Crippen LogP contribution in [0.15, 0.2) is 30.9 Å². The molecule has 3 heteroatoms. The Morgan fingerprint density at radius 3 is 2.92 bits per heavy atom. The van der Waals surface area contributed by atoms with Crippen molar-refractivity contribution in [3.63, 3.8) is 0 Å². The highest BCUT2D eigenvalue weighted by Gasteiger charge is 2.05. The predicted octanol–water partition coefficient (Wildman–Crippen LogP) is 3.13. The molecule has 0 spiro atoms. The molecule has 0 atom stereocenters. The molecule has 1 nitrogen and oxygen atoms in total. The summed E-state index contributed by atoms with van der Waals surface area (Å²) in [6.07, 6.45) is 1.65. The van der Waals surface area contributed by atoms with E-state index in [-0.39, 0.29) is 5.82 Å². The molecule has 1 aromatic rings. The Bertz CT molecular complexity index is 279. The molecule has 0 amide bonds. The van der Waals surface area contributed by atoms with Crippen molar-refractivity contribution in [3.8, 4) is 0 Å². The Morgan fingerprint density at radius 1 is 1.54 bits per heavy atom. The van der Waals surface area contributed by atoms with Crippen molar-refractivity contribution in [1.29, 1.82) is 0 Å². The average Bonchev–Trinajstić information content (AvgIpc) is 2.10. The lowest BCUT2D eigenvalue weighted by atomic mass is 10.2. The van der Waals surface area contributed by atoms with Crippen LogP contribution in [-0.4, -0.2) is 6.61 Å². The summed E-state index contributed by atoms with van der Waals surface area (Å²) in [5, 5.41) is 0. The molecular formula is C10H10FIO. The fourth-order valence-corrected chi connectivity index (χ4v) is 1.54. The van der Waals surface area contributed by atoms with Gasteiger partial charge in [0.1, 0.15) is 5.82 Å². The van der Waals surface area contributed by atoms with E-state index in [1.54, 1.807) is 12.1 Å². The van der Waals surface area contributed by atoms with Gasteiger partial charge in [-0.15, -0.1) is 6.58 Å². The van der Waals surface area contributed by atoms with Crippen molar-refractivity contribution in [2.45, 2.75) is 6.61 Å². The molecule has 0 saturated carbocycles. The van der Waals surface area contributed by atoms with Gasteiger partial charge in [0.25, 0.3) is 0 Å². The zero-order valence-corrected chi connectivity index (χ0v) is 9.25. The summed E-state index contributed by atoms with van der Waals surface area (Å²) >= 11 is 2.09. The van der Waals surface area contributed by atoms with Gasteiger partial charge in [-0.3, -0.25) is 0 Å². The van der Waals surface area contributed by atoms with Gasteiger partial charge in [0.05, 0.1) is 13.2 Å². The number of halogens is 2. The Kier molecular flexibility index (Phi) is 4.38. The molecule has 0 N–H and O–H groups in total. The fourth-order valence-electron chi connectivity index (χ4n) is 0.915. The van der Waals surface area contributed by atoms with E-state index >= 15 is 0 Å². The van der Waals surface area contributed by atoms with E-state index in [2.05, 4.69) is 29.2 Å². The van der Waals surface area contributed by atoms with Crippen molar-refractivity contribution in [2.75, 3.05) is 6.61 Å². The van der Waals surface area contributed by atoms with E-state index in [1.165, 1.54) is 6.07 Å². The first kappa shape index (κ1) is 10.7. The summed E-state index contributed by atoms with van der Waals surface area (Å²) in [4.78, 5) is 0. The standard InChI is InChI=1S/C10H10FIO/c1-2-6-13-7-8-9(11)4-3-5-10(8)12/h2-5H,1,6-7H2. The van der Waals surface area contributed by atoms with Gasteiger partial charge in [-0.2, -0.15) is 0 Å². The number of rotatable bonds is 4. The molecular weight excluding hydrogens is 282 g/mol. The Balaban J connectivity index is 2.69. The minimum absolute atomic E-state index is 0.212. The van der Waals surface area contributed by atoms with Gasteiger partial charge < -0.3 is 4.74 Å². The van der Waals surface area contributed by atoms with Crippen LogP contribution in [0.2, 0.25) is 0 Å². The summed E-state index contributed by atoms with van der Waals surface area (Å²) in [7, 11) is 0. The molecule has 13 heavy (non-hydrogen) atoms. The van der Waals surface area contributed by atoms with Crippen LogP contribution in [0.1, 0.15) is 5.56 Å². The third-order valence-corrected chi connectivity index (χ3v) is 2.55. The highest BCUT2D eigenvalue weighted by atomic mass is 127. The number of hydrogen-bond donors (Lipinski definition) is 0. The molecule has 0 fully saturated rings. The molecule has 0 heterocycles. The van der Waals surface area contributed by atoms with Crippen LogP contribution in [0.3, 0.4) is 0 Å². The van der Waals surface area contributed by atoms with Gasteiger partial charge in [0.15, 0.2) is 0 Å². The van der Waals surface area contributed by atoms with Gasteiger partial charge in [0, 0.05) is 9.13 Å². The van der Waals surface area contributed by atoms with Crippen LogP contribution >= 0.6 is 22.6 Å². The Labute approximate surface area is 90.7 Å². The SMILES string of the molecule is C=CCOCc1c(F)cccc1I. The predicted molar refractivity (Wildman–Crippen MR) is 59.0 cm³/mol. The molecule has 0 aliphatic rings. The van der Waals surface area contributed by atoms with Crippen LogP contribution in [0, 0.1) is 9.39 Å². The van der Waals surface area contributed by atoms with Crippen molar-refractivity contribution in [2.24, 2.45) is 0 Å². The first-order chi connectivity index (χ1) is 6.25. The molecule has 0 saturated heterocycles. The van der Waals surface area contributed by atoms with E-state index in [9.17, 15) is 4.39 Å². The molecule has 0 bridgehead atoms. The molecule has 0 aliphatic heterocycles. The highest BCUT2D eigenvalue weighted by molar-refractivity contribution is 14.1. The molecule has 0 unspecified atom stereocenters. The van der Waals surface area contributed by atoms with Crippen LogP contribution in [0.25, 0.3) is 0 Å². The maximum atomic E-state index is 13.2. The number of ether oxygens (including phenoxy) is 1. The average molecular weight is 292 g/mol. The second kappa shape index (κ2) is 5.34. The summed E-state index contributed by atoms with van der Waals surface area (Å²) in [5.41, 5.74) is 0.616. The van der Waals surface area contributed by atoms with Gasteiger partial charge >= 0.3 is 0 Å². The molecule has 1 aromatic carbocycles. The minimum atomic E-state index is -0.212. The zero-order valence-electron chi connectivity index (χ0n) is 7.09. The van der Waals surface area contributed by atoms with Crippen molar-refractivity contribution in [3.05, 3.63) is 45.8 Å². The topological polar surface area (TPSA) is 9.23 Å². The Hall–Kier alpha value is -0.420. The van der Waals surface area contributed by atoms with E-state index in [1.807, 2.05) is 6.07 Å². The monoisotopic (exact) mass is 292 g/mol. The largest absolute Gasteiger partial charge is 0.373 e. The second-order valence-electron chi connectivity index (χ2n) is 2.50. The first-order valence-corrected chi connectivity index (χ1v) is 4.95. The number of hydrogen-bond acceptors (Lipinski definition) is 1. The summed E-state index contributed by atoms with van der Waals surface area (Å²) in [6, 6.07) is 4.99. The normalized spacial score (nSPS) is 10.0. The first-order valence-electron chi connectivity index (χ1n) is 3.87. The molecule has 0 radical (unpaired) electrons. The third kappa shape index (κ3) is 3.08. The van der Waals surface area contributed by atoms with E-state index in [0.29, 0.717) is 18.8 Å². The lowest BCUT2D eigenvalue weighted by Crippen LogP contribution is -1.98. The summed E-state index contributed by atoms with van der Waals surface area (Å²) in [5.74, 6) is -0.212. The van der Waals surface area contributed by atoms with Gasteiger partial charge in [-0.1, -0.05) is 12.1 Å². The lowest BCUT2D eigenvalue weighted by molar-refractivity contribution is 0.145. The minimum Gasteiger partial charge on any atom is -0.373 e. The van der Waals surface area contributed by atoms with Crippen LogP contribution in [0.4, 0.5) is 4.39 Å².